The van der Waals surface area contributed by atoms with Crippen LogP contribution in [0.4, 0.5) is 14.6 Å². The molecule has 1 amide bonds. The largest absolute Gasteiger partial charge is 0.341 e. The van der Waals surface area contributed by atoms with Crippen LogP contribution in [0.15, 0.2) is 35.2 Å². The van der Waals surface area contributed by atoms with E-state index in [9.17, 15) is 22.0 Å². The number of alkyl halides is 2. The molecule has 1 saturated carbocycles. The smallest absolute Gasteiger partial charge is 0.305 e. The first-order valence-corrected chi connectivity index (χ1v) is 10.4. The van der Waals surface area contributed by atoms with Crippen molar-refractivity contribution in [2.45, 2.75) is 49.2 Å². The summed E-state index contributed by atoms with van der Waals surface area (Å²) in [7, 11) is -4.67. The molecule has 6 nitrogen and oxygen atoms in total. The first-order valence-electron chi connectivity index (χ1n) is 8.84. The number of aromatic nitrogens is 2. The Labute approximate surface area is 156 Å². The number of aromatic amines is 1. The van der Waals surface area contributed by atoms with Gasteiger partial charge in [0, 0.05) is 17.3 Å². The molecule has 0 spiro atoms. The molecule has 2 N–H and O–H groups in total. The van der Waals surface area contributed by atoms with Crippen molar-refractivity contribution in [2.24, 2.45) is 5.92 Å². The van der Waals surface area contributed by atoms with Gasteiger partial charge in [-0.05, 0) is 36.6 Å². The van der Waals surface area contributed by atoms with E-state index in [1.54, 1.807) is 6.07 Å². The van der Waals surface area contributed by atoms with Gasteiger partial charge in [0.15, 0.2) is 5.82 Å². The zero-order valence-electron chi connectivity index (χ0n) is 14.6. The highest BCUT2D eigenvalue weighted by molar-refractivity contribution is 7.91. The number of anilines is 1. The van der Waals surface area contributed by atoms with Crippen molar-refractivity contribution >= 4 is 21.6 Å². The van der Waals surface area contributed by atoms with E-state index < -0.39 is 26.4 Å². The molecular formula is C18H21F2N3O3S. The highest BCUT2D eigenvalue weighted by atomic mass is 32.2. The number of H-pyrrole nitrogens is 1. The summed E-state index contributed by atoms with van der Waals surface area (Å²) >= 11 is 0. The van der Waals surface area contributed by atoms with Gasteiger partial charge < -0.3 is 5.32 Å². The van der Waals surface area contributed by atoms with Gasteiger partial charge in [0.05, 0.1) is 4.90 Å². The summed E-state index contributed by atoms with van der Waals surface area (Å²) in [5.41, 5.74) is 1.11. The molecule has 1 aliphatic rings. The topological polar surface area (TPSA) is 91.9 Å². The normalized spacial score (nSPS) is 15.8. The second-order valence-electron chi connectivity index (χ2n) is 6.77. The molecule has 9 heteroatoms. The van der Waals surface area contributed by atoms with Gasteiger partial charge in [-0.15, -0.1) is 0 Å². The molecule has 1 aromatic heterocycles. The summed E-state index contributed by atoms with van der Waals surface area (Å²) in [6, 6.07) is 6.16. The third-order valence-electron chi connectivity index (χ3n) is 4.79. The second-order valence-corrected chi connectivity index (χ2v) is 8.69. The van der Waals surface area contributed by atoms with E-state index in [-0.39, 0.29) is 5.56 Å². The molecule has 27 heavy (non-hydrogen) atoms. The molecule has 0 radical (unpaired) electrons. The number of hydrogen-bond acceptors (Lipinski definition) is 4. The lowest BCUT2D eigenvalue weighted by molar-refractivity contribution is 0.102. The van der Waals surface area contributed by atoms with Gasteiger partial charge in [-0.1, -0.05) is 32.1 Å². The highest BCUT2D eigenvalue weighted by Gasteiger charge is 2.26. The second kappa shape index (κ2) is 8.16. The lowest BCUT2D eigenvalue weighted by Gasteiger charge is -2.20. The van der Waals surface area contributed by atoms with Crippen molar-refractivity contribution in [1.82, 2.24) is 10.2 Å². The SMILES string of the molecule is O=C(Nc1cc(CC2CCCCC2)[nH]n1)c1ccc(S(=O)(=O)C(F)F)cc1. The first-order chi connectivity index (χ1) is 12.9. The third kappa shape index (κ3) is 4.71. The Balaban J connectivity index is 1.62. The van der Waals surface area contributed by atoms with Gasteiger partial charge in [0.1, 0.15) is 0 Å². The number of benzene rings is 1. The highest BCUT2D eigenvalue weighted by Crippen LogP contribution is 2.27. The van der Waals surface area contributed by atoms with Crippen LogP contribution in [0.25, 0.3) is 0 Å². The number of rotatable bonds is 6. The van der Waals surface area contributed by atoms with Crippen molar-refractivity contribution < 1.29 is 22.0 Å². The van der Waals surface area contributed by atoms with E-state index in [1.807, 2.05) is 0 Å². The maximum atomic E-state index is 12.5. The molecule has 0 atom stereocenters. The molecule has 1 fully saturated rings. The van der Waals surface area contributed by atoms with Crippen LogP contribution in [0.1, 0.15) is 48.2 Å². The van der Waals surface area contributed by atoms with Crippen molar-refractivity contribution in [1.29, 1.82) is 0 Å². The molecule has 1 aromatic carbocycles. The summed E-state index contributed by atoms with van der Waals surface area (Å²) in [6.45, 7) is 0. The van der Waals surface area contributed by atoms with E-state index in [2.05, 4.69) is 15.5 Å². The van der Waals surface area contributed by atoms with E-state index in [4.69, 9.17) is 0 Å². The molecule has 0 aliphatic heterocycles. The van der Waals surface area contributed by atoms with Crippen molar-refractivity contribution in [3.63, 3.8) is 0 Å². The Bertz CT molecular complexity index is 889. The molecule has 1 aliphatic carbocycles. The number of sulfone groups is 1. The van der Waals surface area contributed by atoms with Crippen molar-refractivity contribution in [3.05, 3.63) is 41.6 Å². The summed E-state index contributed by atoms with van der Waals surface area (Å²) in [5, 5.41) is 9.62. The van der Waals surface area contributed by atoms with Crippen LogP contribution < -0.4 is 5.32 Å². The summed E-state index contributed by atoms with van der Waals surface area (Å²) in [4.78, 5) is 11.7. The van der Waals surface area contributed by atoms with Gasteiger partial charge in [-0.2, -0.15) is 13.9 Å². The van der Waals surface area contributed by atoms with Crippen LogP contribution >= 0.6 is 0 Å². The molecule has 0 saturated heterocycles. The molecule has 1 heterocycles. The summed E-state index contributed by atoms with van der Waals surface area (Å²) < 4.78 is 47.9. The zero-order chi connectivity index (χ0) is 19.4. The van der Waals surface area contributed by atoms with Crippen LogP contribution in [0, 0.1) is 5.92 Å². The van der Waals surface area contributed by atoms with E-state index in [0.29, 0.717) is 11.7 Å². The average Bonchev–Trinajstić information content (AvgIpc) is 3.09. The number of carbonyl (C=O) groups excluding carboxylic acids is 1. The number of nitrogens with one attached hydrogen (secondary N) is 2. The van der Waals surface area contributed by atoms with E-state index in [1.165, 1.54) is 44.2 Å². The fraction of sp³-hybridized carbons (Fsp3) is 0.444. The average molecular weight is 397 g/mol. The quantitative estimate of drug-likeness (QED) is 0.776. The number of halogens is 2. The minimum absolute atomic E-state index is 0.153. The van der Waals surface area contributed by atoms with Gasteiger partial charge >= 0.3 is 5.76 Å². The van der Waals surface area contributed by atoms with Crippen LogP contribution in [-0.2, 0) is 16.3 Å². The fourth-order valence-electron chi connectivity index (χ4n) is 3.32. The first kappa shape index (κ1) is 19.5. The maximum absolute atomic E-state index is 12.5. The minimum atomic E-state index is -4.67. The lowest BCUT2D eigenvalue weighted by atomic mass is 9.86. The predicted octanol–water partition coefficient (Wildman–Crippen LogP) is 3.78. The van der Waals surface area contributed by atoms with Crippen LogP contribution in [0.3, 0.4) is 0 Å². The molecule has 3 rings (SSSR count). The molecule has 146 valence electrons. The Morgan fingerprint density at radius 3 is 2.48 bits per heavy atom. The van der Waals surface area contributed by atoms with Crippen LogP contribution in [0.5, 0.6) is 0 Å². The molecule has 0 unspecified atom stereocenters. The fourth-order valence-corrected chi connectivity index (χ4v) is 4.04. The zero-order valence-corrected chi connectivity index (χ0v) is 15.4. The molecule has 0 bridgehead atoms. The molecule has 2 aromatic rings. The van der Waals surface area contributed by atoms with Crippen LogP contribution in [0.2, 0.25) is 0 Å². The monoisotopic (exact) mass is 397 g/mol. The third-order valence-corrected chi connectivity index (χ3v) is 6.18. The standard InChI is InChI=1S/C18H21F2N3O3S/c19-18(20)27(25,26)15-8-6-13(7-9-15)17(24)21-16-11-14(22-23-16)10-12-4-2-1-3-5-12/h6-9,11-12,18H,1-5,10H2,(H2,21,22,23,24). The lowest BCUT2D eigenvalue weighted by Crippen LogP contribution is -2.14. The Morgan fingerprint density at radius 2 is 1.85 bits per heavy atom. The van der Waals surface area contributed by atoms with Crippen molar-refractivity contribution in [3.8, 4) is 0 Å². The van der Waals surface area contributed by atoms with Gasteiger partial charge in [0.2, 0.25) is 9.84 Å². The number of amides is 1. The summed E-state index contributed by atoms with van der Waals surface area (Å²) in [6.07, 6.45) is 7.09. The van der Waals surface area contributed by atoms with Gasteiger partial charge in [-0.25, -0.2) is 8.42 Å². The minimum Gasteiger partial charge on any atom is -0.305 e. The number of nitrogens with zero attached hydrogens (tertiary/aromatic N) is 1. The van der Waals surface area contributed by atoms with E-state index >= 15 is 0 Å². The Kier molecular flexibility index (Phi) is 5.88. The van der Waals surface area contributed by atoms with E-state index in [0.717, 1.165) is 24.2 Å². The van der Waals surface area contributed by atoms with Gasteiger partial charge in [0.25, 0.3) is 5.91 Å². The Morgan fingerprint density at radius 1 is 1.19 bits per heavy atom. The van der Waals surface area contributed by atoms with Crippen LogP contribution in [-0.4, -0.2) is 30.3 Å². The number of hydrogen-bond donors (Lipinski definition) is 2. The predicted molar refractivity (Wildman–Crippen MR) is 96.5 cm³/mol. The molecular weight excluding hydrogens is 376 g/mol. The van der Waals surface area contributed by atoms with Crippen molar-refractivity contribution in [2.75, 3.05) is 5.32 Å². The Hall–Kier alpha value is -2.29. The number of carbonyl (C=O) groups is 1. The van der Waals surface area contributed by atoms with Gasteiger partial charge in [-0.3, -0.25) is 9.89 Å². The maximum Gasteiger partial charge on any atom is 0.341 e. The summed E-state index contributed by atoms with van der Waals surface area (Å²) in [5.74, 6) is -2.99.